The van der Waals surface area contributed by atoms with Crippen LogP contribution in [0.4, 0.5) is 5.69 Å². The minimum atomic E-state index is -3.54. The van der Waals surface area contributed by atoms with Crippen LogP contribution in [-0.2, 0) is 21.2 Å². The van der Waals surface area contributed by atoms with Crippen LogP contribution in [0.2, 0.25) is 0 Å². The highest BCUT2D eigenvalue weighted by Crippen LogP contribution is 2.28. The van der Waals surface area contributed by atoms with Gasteiger partial charge < -0.3 is 10.4 Å². The average molecular weight is 296 g/mol. The van der Waals surface area contributed by atoms with Gasteiger partial charge in [-0.25, -0.2) is 8.42 Å². The van der Waals surface area contributed by atoms with Crippen molar-refractivity contribution in [2.45, 2.75) is 30.3 Å². The number of hydrogen-bond donors (Lipinski definition) is 2. The van der Waals surface area contributed by atoms with Crippen LogP contribution < -0.4 is 5.32 Å². The number of aliphatic hydroxyl groups excluding tert-OH is 1. The van der Waals surface area contributed by atoms with Crippen molar-refractivity contribution >= 4 is 21.6 Å². The molecule has 0 radical (unpaired) electrons. The average Bonchev–Trinajstić information content (AvgIpc) is 2.78. The molecule has 0 unspecified atom stereocenters. The fourth-order valence-corrected chi connectivity index (χ4v) is 4.12. The van der Waals surface area contributed by atoms with Gasteiger partial charge in [0.2, 0.25) is 15.9 Å². The Morgan fingerprint density at radius 3 is 2.65 bits per heavy atom. The Morgan fingerprint density at radius 2 is 1.95 bits per heavy atom. The number of piperidine rings is 1. The van der Waals surface area contributed by atoms with Crippen molar-refractivity contribution in [2.75, 3.05) is 18.4 Å². The summed E-state index contributed by atoms with van der Waals surface area (Å²) >= 11 is 0. The molecule has 3 rings (SSSR count). The first-order chi connectivity index (χ1) is 9.46. The predicted octanol–water partition coefficient (Wildman–Crippen LogP) is 0.327. The van der Waals surface area contributed by atoms with E-state index in [1.54, 1.807) is 12.1 Å². The third-order valence-corrected chi connectivity index (χ3v) is 5.66. The van der Waals surface area contributed by atoms with Crippen LogP contribution in [0.1, 0.15) is 18.4 Å². The lowest BCUT2D eigenvalue weighted by molar-refractivity contribution is -0.115. The zero-order valence-electron chi connectivity index (χ0n) is 10.9. The number of nitrogens with zero attached hydrogens (tertiary/aromatic N) is 1. The number of amides is 1. The number of hydrogen-bond acceptors (Lipinski definition) is 4. The SMILES string of the molecule is O=C1Cc2cc(S(=O)(=O)N3CCC(O)CC3)ccc2N1. The van der Waals surface area contributed by atoms with Crippen molar-refractivity contribution in [2.24, 2.45) is 0 Å². The van der Waals surface area contributed by atoms with Gasteiger partial charge in [0.05, 0.1) is 17.4 Å². The molecule has 6 nitrogen and oxygen atoms in total. The van der Waals surface area contributed by atoms with Gasteiger partial charge in [0.1, 0.15) is 0 Å². The largest absolute Gasteiger partial charge is 0.393 e. The molecule has 2 aliphatic rings. The fraction of sp³-hybridized carbons (Fsp3) is 0.462. The molecule has 1 amide bonds. The zero-order valence-corrected chi connectivity index (χ0v) is 11.7. The van der Waals surface area contributed by atoms with Gasteiger partial charge in [0.15, 0.2) is 0 Å². The molecule has 0 aliphatic carbocycles. The molecule has 7 heteroatoms. The van der Waals surface area contributed by atoms with Crippen LogP contribution in [-0.4, -0.2) is 42.9 Å². The van der Waals surface area contributed by atoms with Gasteiger partial charge >= 0.3 is 0 Å². The minimum Gasteiger partial charge on any atom is -0.393 e. The summed E-state index contributed by atoms with van der Waals surface area (Å²) in [5, 5.41) is 12.1. The monoisotopic (exact) mass is 296 g/mol. The van der Waals surface area contributed by atoms with E-state index in [0.29, 0.717) is 37.2 Å². The van der Waals surface area contributed by atoms with Gasteiger partial charge in [-0.2, -0.15) is 4.31 Å². The van der Waals surface area contributed by atoms with Gasteiger partial charge in [-0.1, -0.05) is 0 Å². The van der Waals surface area contributed by atoms with E-state index in [9.17, 15) is 18.3 Å². The van der Waals surface area contributed by atoms with Crippen LogP contribution in [0.3, 0.4) is 0 Å². The second-order valence-corrected chi connectivity index (χ2v) is 7.12. The van der Waals surface area contributed by atoms with E-state index < -0.39 is 16.1 Å². The van der Waals surface area contributed by atoms with Crippen LogP contribution in [0.5, 0.6) is 0 Å². The number of benzene rings is 1. The van der Waals surface area contributed by atoms with E-state index in [4.69, 9.17) is 0 Å². The van der Waals surface area contributed by atoms with Crippen molar-refractivity contribution < 1.29 is 18.3 Å². The first kappa shape index (κ1) is 13.5. The molecule has 1 aromatic rings. The molecule has 0 aromatic heterocycles. The molecule has 2 heterocycles. The maximum absolute atomic E-state index is 12.5. The minimum absolute atomic E-state index is 0.115. The molecular weight excluding hydrogens is 280 g/mol. The number of sulfonamides is 1. The number of carbonyl (C=O) groups is 1. The normalized spacial score (nSPS) is 20.8. The number of rotatable bonds is 2. The molecule has 0 bridgehead atoms. The van der Waals surface area contributed by atoms with Gasteiger partial charge in [0.25, 0.3) is 0 Å². The van der Waals surface area contributed by atoms with Crippen LogP contribution in [0.25, 0.3) is 0 Å². The Labute approximate surface area is 117 Å². The lowest BCUT2D eigenvalue weighted by atomic mass is 10.1. The first-order valence-electron chi connectivity index (χ1n) is 6.58. The predicted molar refractivity (Wildman–Crippen MR) is 72.8 cm³/mol. The van der Waals surface area contributed by atoms with E-state index >= 15 is 0 Å². The molecule has 0 saturated carbocycles. The summed E-state index contributed by atoms with van der Waals surface area (Å²) in [6.07, 6.45) is 0.731. The van der Waals surface area contributed by atoms with E-state index in [-0.39, 0.29) is 17.2 Å². The van der Waals surface area contributed by atoms with Crippen LogP contribution >= 0.6 is 0 Å². The van der Waals surface area contributed by atoms with Crippen molar-refractivity contribution in [3.63, 3.8) is 0 Å². The van der Waals surface area contributed by atoms with Gasteiger partial charge in [-0.3, -0.25) is 4.79 Å². The van der Waals surface area contributed by atoms with Crippen molar-refractivity contribution in [1.82, 2.24) is 4.31 Å². The third kappa shape index (κ3) is 2.32. The maximum Gasteiger partial charge on any atom is 0.243 e. The number of nitrogens with one attached hydrogen (secondary N) is 1. The molecule has 0 atom stereocenters. The third-order valence-electron chi connectivity index (χ3n) is 3.76. The van der Waals surface area contributed by atoms with Crippen LogP contribution in [0.15, 0.2) is 23.1 Å². The number of anilines is 1. The molecule has 1 aromatic carbocycles. The van der Waals surface area contributed by atoms with Crippen molar-refractivity contribution in [3.8, 4) is 0 Å². The van der Waals surface area contributed by atoms with Gasteiger partial charge in [-0.15, -0.1) is 0 Å². The summed E-state index contributed by atoms with van der Waals surface area (Å²) in [6.45, 7) is 0.662. The summed E-state index contributed by atoms with van der Waals surface area (Å²) in [5.41, 5.74) is 1.40. The summed E-state index contributed by atoms with van der Waals surface area (Å²) in [4.78, 5) is 11.5. The highest BCUT2D eigenvalue weighted by Gasteiger charge is 2.30. The first-order valence-corrected chi connectivity index (χ1v) is 8.02. The Kier molecular flexibility index (Phi) is 3.27. The second-order valence-electron chi connectivity index (χ2n) is 5.18. The maximum atomic E-state index is 12.5. The van der Waals surface area contributed by atoms with Crippen molar-refractivity contribution in [3.05, 3.63) is 23.8 Å². The molecule has 108 valence electrons. The Bertz CT molecular complexity index is 648. The topological polar surface area (TPSA) is 86.7 Å². The van der Waals surface area contributed by atoms with E-state index in [1.165, 1.54) is 10.4 Å². The molecular formula is C13H16N2O4S. The Hall–Kier alpha value is -1.44. The number of fused-ring (bicyclic) bond motifs is 1. The Morgan fingerprint density at radius 1 is 1.25 bits per heavy atom. The number of carbonyl (C=O) groups excluding carboxylic acids is 1. The molecule has 20 heavy (non-hydrogen) atoms. The van der Waals surface area contributed by atoms with E-state index in [0.717, 1.165) is 0 Å². The molecule has 2 aliphatic heterocycles. The zero-order chi connectivity index (χ0) is 14.3. The van der Waals surface area contributed by atoms with E-state index in [2.05, 4.69) is 5.32 Å². The van der Waals surface area contributed by atoms with Crippen LogP contribution in [0, 0.1) is 0 Å². The number of aliphatic hydroxyl groups is 1. The van der Waals surface area contributed by atoms with E-state index in [1.807, 2.05) is 0 Å². The molecule has 2 N–H and O–H groups in total. The Balaban J connectivity index is 1.89. The van der Waals surface area contributed by atoms with Crippen molar-refractivity contribution in [1.29, 1.82) is 0 Å². The summed E-state index contributed by atoms with van der Waals surface area (Å²) in [6, 6.07) is 4.71. The fourth-order valence-electron chi connectivity index (χ4n) is 2.60. The standard InChI is InChI=1S/C13H16N2O4S/c16-10-3-5-15(6-4-10)20(18,19)11-1-2-12-9(7-11)8-13(17)14-12/h1-2,7,10,16H,3-6,8H2,(H,14,17). The van der Waals surface area contributed by atoms with Gasteiger partial charge in [-0.05, 0) is 36.6 Å². The smallest absolute Gasteiger partial charge is 0.243 e. The molecule has 1 saturated heterocycles. The highest BCUT2D eigenvalue weighted by atomic mass is 32.2. The molecule has 0 spiro atoms. The summed E-state index contributed by atoms with van der Waals surface area (Å²) in [7, 11) is -3.54. The van der Waals surface area contributed by atoms with Gasteiger partial charge in [0, 0.05) is 18.8 Å². The summed E-state index contributed by atoms with van der Waals surface area (Å²) in [5.74, 6) is -0.115. The highest BCUT2D eigenvalue weighted by molar-refractivity contribution is 7.89. The quantitative estimate of drug-likeness (QED) is 0.823. The summed E-state index contributed by atoms with van der Waals surface area (Å²) < 4.78 is 26.4. The lowest BCUT2D eigenvalue weighted by Crippen LogP contribution is -2.40. The second kappa shape index (κ2) is 4.83. The molecule has 1 fully saturated rings. The lowest BCUT2D eigenvalue weighted by Gasteiger charge is -2.28.